The zero-order valence-corrected chi connectivity index (χ0v) is 11.3. The van der Waals surface area contributed by atoms with Crippen LogP contribution >= 0.6 is 11.3 Å². The van der Waals surface area contributed by atoms with E-state index in [1.807, 2.05) is 6.07 Å². The van der Waals surface area contributed by atoms with E-state index in [0.717, 1.165) is 15.9 Å². The Hall–Kier alpha value is -1.82. The fourth-order valence-electron chi connectivity index (χ4n) is 2.64. The Bertz CT molecular complexity index is 631. The van der Waals surface area contributed by atoms with E-state index in [9.17, 15) is 4.79 Å². The highest BCUT2D eigenvalue weighted by atomic mass is 32.1. The molecular weight excluding hydrogens is 260 g/mol. The molecule has 2 aromatic heterocycles. The smallest absolute Gasteiger partial charge is 0.260 e. The number of carbonyl (C=O) groups is 1. The summed E-state index contributed by atoms with van der Waals surface area (Å²) in [5, 5.41) is 4.34. The Balaban J connectivity index is 2.06. The molecule has 19 heavy (non-hydrogen) atoms. The lowest BCUT2D eigenvalue weighted by Gasteiger charge is -2.14. The van der Waals surface area contributed by atoms with Crippen LogP contribution in [-0.4, -0.2) is 16.9 Å². The van der Waals surface area contributed by atoms with Crippen molar-refractivity contribution in [3.05, 3.63) is 17.1 Å². The Morgan fingerprint density at radius 2 is 2.16 bits per heavy atom. The van der Waals surface area contributed by atoms with Crippen molar-refractivity contribution in [2.24, 2.45) is 5.73 Å². The van der Waals surface area contributed by atoms with Gasteiger partial charge in [-0.2, -0.15) is 0 Å². The molecule has 1 saturated carbocycles. The summed E-state index contributed by atoms with van der Waals surface area (Å²) >= 11 is 1.25. The van der Waals surface area contributed by atoms with Gasteiger partial charge in [-0.1, -0.05) is 12.8 Å². The molecule has 0 aromatic carbocycles. The van der Waals surface area contributed by atoms with Gasteiger partial charge in [0.25, 0.3) is 5.91 Å². The maximum absolute atomic E-state index is 11.4. The standard InChI is InChI=1S/C13H16N4OS/c14-10-9-8(17-7-3-1-2-4-7)5-6-16-13(9)19-11(10)12(15)18/h5-7H,1-4,14H2,(H2,15,18)(H,16,17). The van der Waals surface area contributed by atoms with Gasteiger partial charge in [0.15, 0.2) is 0 Å². The molecule has 0 bridgehead atoms. The molecule has 3 rings (SSSR count). The first kappa shape index (κ1) is 12.2. The van der Waals surface area contributed by atoms with Gasteiger partial charge >= 0.3 is 0 Å². The zero-order valence-electron chi connectivity index (χ0n) is 10.5. The van der Waals surface area contributed by atoms with Crippen LogP contribution in [0.1, 0.15) is 35.4 Å². The van der Waals surface area contributed by atoms with Gasteiger partial charge in [-0.3, -0.25) is 4.79 Å². The van der Waals surface area contributed by atoms with Crippen LogP contribution in [0.3, 0.4) is 0 Å². The van der Waals surface area contributed by atoms with Crippen LogP contribution in [0.5, 0.6) is 0 Å². The van der Waals surface area contributed by atoms with Gasteiger partial charge in [0.2, 0.25) is 0 Å². The van der Waals surface area contributed by atoms with Gasteiger partial charge in [-0.15, -0.1) is 11.3 Å². The quantitative estimate of drug-likeness (QED) is 0.802. The SMILES string of the molecule is NC(=O)c1sc2nccc(NC3CCCC3)c2c1N. The largest absolute Gasteiger partial charge is 0.397 e. The van der Waals surface area contributed by atoms with Crippen molar-refractivity contribution < 1.29 is 4.79 Å². The first-order valence-electron chi connectivity index (χ1n) is 6.40. The Kier molecular flexibility index (Phi) is 3.02. The number of nitrogens with zero attached hydrogens (tertiary/aromatic N) is 1. The summed E-state index contributed by atoms with van der Waals surface area (Å²) in [7, 11) is 0. The molecule has 0 aliphatic heterocycles. The van der Waals surface area contributed by atoms with Gasteiger partial charge in [-0.25, -0.2) is 4.98 Å². The third-order valence-corrected chi connectivity index (χ3v) is 4.70. The van der Waals surface area contributed by atoms with Crippen LogP contribution in [0, 0.1) is 0 Å². The van der Waals surface area contributed by atoms with Crippen molar-refractivity contribution in [1.29, 1.82) is 0 Å². The maximum atomic E-state index is 11.4. The summed E-state index contributed by atoms with van der Waals surface area (Å²) < 4.78 is 0. The molecule has 5 nitrogen and oxygen atoms in total. The lowest BCUT2D eigenvalue weighted by atomic mass is 10.2. The highest BCUT2D eigenvalue weighted by Gasteiger charge is 2.20. The van der Waals surface area contributed by atoms with Crippen LogP contribution in [0.2, 0.25) is 0 Å². The number of pyridine rings is 1. The van der Waals surface area contributed by atoms with E-state index in [4.69, 9.17) is 11.5 Å². The monoisotopic (exact) mass is 276 g/mol. The summed E-state index contributed by atoms with van der Waals surface area (Å²) in [5.74, 6) is -0.493. The third-order valence-electron chi connectivity index (χ3n) is 3.57. The summed E-state index contributed by atoms with van der Waals surface area (Å²) in [6.07, 6.45) is 6.61. The van der Waals surface area contributed by atoms with Gasteiger partial charge < -0.3 is 16.8 Å². The van der Waals surface area contributed by atoms with Gasteiger partial charge in [0.1, 0.15) is 9.71 Å². The van der Waals surface area contributed by atoms with Crippen molar-refractivity contribution >= 4 is 38.8 Å². The second-order valence-corrected chi connectivity index (χ2v) is 5.87. The van der Waals surface area contributed by atoms with Crippen molar-refractivity contribution in [3.8, 4) is 0 Å². The van der Waals surface area contributed by atoms with E-state index in [-0.39, 0.29) is 0 Å². The topological polar surface area (TPSA) is 94.0 Å². The highest BCUT2D eigenvalue weighted by Crippen LogP contribution is 2.37. The summed E-state index contributed by atoms with van der Waals surface area (Å²) in [6, 6.07) is 2.40. The Labute approximate surface area is 115 Å². The minimum atomic E-state index is -0.493. The average Bonchev–Trinajstić information content (AvgIpc) is 2.98. The van der Waals surface area contributed by atoms with E-state index in [1.165, 1.54) is 37.0 Å². The number of anilines is 2. The number of fused-ring (bicyclic) bond motifs is 1. The number of aromatic nitrogens is 1. The van der Waals surface area contributed by atoms with Crippen LogP contribution in [-0.2, 0) is 0 Å². The molecule has 0 spiro atoms. The van der Waals surface area contributed by atoms with Gasteiger partial charge in [0.05, 0.1) is 11.1 Å². The van der Waals surface area contributed by atoms with Crippen LogP contribution in [0.15, 0.2) is 12.3 Å². The minimum absolute atomic E-state index is 0.392. The first-order chi connectivity index (χ1) is 9.16. The Morgan fingerprint density at radius 3 is 2.84 bits per heavy atom. The summed E-state index contributed by atoms with van der Waals surface area (Å²) in [4.78, 5) is 16.8. The molecule has 1 aliphatic carbocycles. The van der Waals surface area contributed by atoms with E-state index in [2.05, 4.69) is 10.3 Å². The predicted molar refractivity (Wildman–Crippen MR) is 78.4 cm³/mol. The minimum Gasteiger partial charge on any atom is -0.397 e. The molecular formula is C13H16N4OS. The normalized spacial score (nSPS) is 16.0. The number of rotatable bonds is 3. The molecule has 0 saturated heterocycles. The second-order valence-electron chi connectivity index (χ2n) is 4.87. The summed E-state index contributed by atoms with van der Waals surface area (Å²) in [6.45, 7) is 0. The zero-order chi connectivity index (χ0) is 13.4. The van der Waals surface area contributed by atoms with Crippen LogP contribution in [0.25, 0.3) is 10.2 Å². The molecule has 2 aromatic rings. The number of nitrogens with two attached hydrogens (primary N) is 2. The number of thiophene rings is 1. The number of amides is 1. The lowest BCUT2D eigenvalue weighted by molar-refractivity contribution is 0.100. The molecule has 2 heterocycles. The first-order valence-corrected chi connectivity index (χ1v) is 7.22. The van der Waals surface area contributed by atoms with Gasteiger partial charge in [0, 0.05) is 17.9 Å². The molecule has 1 fully saturated rings. The average molecular weight is 276 g/mol. The number of hydrogen-bond donors (Lipinski definition) is 3. The maximum Gasteiger partial charge on any atom is 0.260 e. The van der Waals surface area contributed by atoms with Gasteiger partial charge in [-0.05, 0) is 18.9 Å². The molecule has 0 unspecified atom stereocenters. The molecule has 6 heteroatoms. The number of nitrogens with one attached hydrogen (secondary N) is 1. The molecule has 100 valence electrons. The van der Waals surface area contributed by atoms with E-state index >= 15 is 0 Å². The van der Waals surface area contributed by atoms with Crippen molar-refractivity contribution in [1.82, 2.24) is 4.98 Å². The van der Waals surface area contributed by atoms with E-state index in [0.29, 0.717) is 16.6 Å². The van der Waals surface area contributed by atoms with Crippen molar-refractivity contribution in [2.75, 3.05) is 11.1 Å². The summed E-state index contributed by atoms with van der Waals surface area (Å²) in [5.41, 5.74) is 12.8. The third kappa shape index (κ3) is 2.12. The van der Waals surface area contributed by atoms with Crippen LogP contribution in [0.4, 0.5) is 11.4 Å². The molecule has 0 radical (unpaired) electrons. The molecule has 1 amide bonds. The van der Waals surface area contributed by atoms with Crippen LogP contribution < -0.4 is 16.8 Å². The fourth-order valence-corrected chi connectivity index (χ4v) is 3.58. The molecule has 0 atom stereocenters. The van der Waals surface area contributed by atoms with Crippen molar-refractivity contribution in [3.63, 3.8) is 0 Å². The molecule has 1 aliphatic rings. The lowest BCUT2D eigenvalue weighted by Crippen LogP contribution is -2.15. The second kappa shape index (κ2) is 4.70. The number of hydrogen-bond acceptors (Lipinski definition) is 5. The van der Waals surface area contributed by atoms with Crippen molar-refractivity contribution in [2.45, 2.75) is 31.7 Å². The predicted octanol–water partition coefficient (Wildman–Crippen LogP) is 2.33. The molecule has 5 N–H and O–H groups in total. The number of carbonyl (C=O) groups excluding carboxylic acids is 1. The van der Waals surface area contributed by atoms with E-state index in [1.54, 1.807) is 6.20 Å². The highest BCUT2D eigenvalue weighted by molar-refractivity contribution is 7.21. The number of primary amides is 1. The fraction of sp³-hybridized carbons (Fsp3) is 0.385. The number of nitrogen functional groups attached to an aromatic ring is 1. The van der Waals surface area contributed by atoms with E-state index < -0.39 is 5.91 Å². The Morgan fingerprint density at radius 1 is 1.42 bits per heavy atom.